The highest BCUT2D eigenvalue weighted by atomic mass is 16.4. The molecule has 0 heterocycles. The average Bonchev–Trinajstić information content (AvgIpc) is 2.28. The van der Waals surface area contributed by atoms with Gasteiger partial charge in [-0.2, -0.15) is 0 Å². The normalized spacial score (nSPS) is 16.6. The smallest absolute Gasteiger partial charge is 0.314 e. The second-order valence-electron chi connectivity index (χ2n) is 6.32. The first-order valence-corrected chi connectivity index (χ1v) is 7.70. The van der Waals surface area contributed by atoms with Gasteiger partial charge in [-0.05, 0) is 30.6 Å². The quantitative estimate of drug-likeness (QED) is 0.609. The van der Waals surface area contributed by atoms with Crippen molar-refractivity contribution in [1.29, 1.82) is 0 Å². The van der Waals surface area contributed by atoms with E-state index in [4.69, 9.17) is 5.11 Å². The number of carboxylic acids is 1. The SMILES string of the molecule is CC(C)C[C@H](CNC(=O)NCCC1CCC1)CC(=O)O. The lowest BCUT2D eigenvalue weighted by Crippen LogP contribution is -2.39. The summed E-state index contributed by atoms with van der Waals surface area (Å²) in [4.78, 5) is 22.4. The number of rotatable bonds is 9. The maximum atomic E-state index is 11.6. The number of hydrogen-bond donors (Lipinski definition) is 3. The summed E-state index contributed by atoms with van der Waals surface area (Å²) >= 11 is 0. The molecule has 20 heavy (non-hydrogen) atoms. The number of nitrogens with one attached hydrogen (secondary N) is 2. The Balaban J connectivity index is 2.15. The van der Waals surface area contributed by atoms with E-state index in [0.29, 0.717) is 19.0 Å². The van der Waals surface area contributed by atoms with E-state index in [-0.39, 0.29) is 18.4 Å². The molecule has 0 radical (unpaired) electrons. The summed E-state index contributed by atoms with van der Waals surface area (Å²) in [6.45, 7) is 5.27. The Bertz CT molecular complexity index is 314. The van der Waals surface area contributed by atoms with Gasteiger partial charge in [0.15, 0.2) is 0 Å². The lowest BCUT2D eigenvalue weighted by molar-refractivity contribution is -0.138. The largest absolute Gasteiger partial charge is 0.481 e. The van der Waals surface area contributed by atoms with Crippen LogP contribution in [0.2, 0.25) is 0 Å². The Morgan fingerprint density at radius 1 is 1.25 bits per heavy atom. The predicted octanol–water partition coefficient (Wildman–Crippen LogP) is 2.61. The van der Waals surface area contributed by atoms with Crippen LogP contribution >= 0.6 is 0 Å². The highest BCUT2D eigenvalue weighted by molar-refractivity contribution is 5.74. The van der Waals surface area contributed by atoms with Gasteiger partial charge >= 0.3 is 12.0 Å². The van der Waals surface area contributed by atoms with Crippen molar-refractivity contribution in [3.05, 3.63) is 0 Å². The number of amides is 2. The van der Waals surface area contributed by atoms with Gasteiger partial charge in [-0.3, -0.25) is 4.79 Å². The molecule has 1 fully saturated rings. The van der Waals surface area contributed by atoms with Gasteiger partial charge in [0.2, 0.25) is 0 Å². The molecule has 1 aliphatic carbocycles. The molecule has 2 amide bonds. The third kappa shape index (κ3) is 7.36. The van der Waals surface area contributed by atoms with Gasteiger partial charge in [-0.25, -0.2) is 4.79 Å². The lowest BCUT2D eigenvalue weighted by Gasteiger charge is -2.25. The molecule has 0 unspecified atom stereocenters. The zero-order chi connectivity index (χ0) is 15.0. The molecule has 5 nitrogen and oxygen atoms in total. The Labute approximate surface area is 121 Å². The molecule has 0 bridgehead atoms. The van der Waals surface area contributed by atoms with Gasteiger partial charge in [0, 0.05) is 19.5 Å². The van der Waals surface area contributed by atoms with Crippen molar-refractivity contribution in [2.45, 2.75) is 52.4 Å². The first-order valence-electron chi connectivity index (χ1n) is 7.70. The number of aliphatic carboxylic acids is 1. The zero-order valence-corrected chi connectivity index (χ0v) is 12.7. The first kappa shape index (κ1) is 16.8. The van der Waals surface area contributed by atoms with E-state index in [2.05, 4.69) is 24.5 Å². The van der Waals surface area contributed by atoms with E-state index in [0.717, 1.165) is 18.8 Å². The van der Waals surface area contributed by atoms with E-state index in [1.54, 1.807) is 0 Å². The molecule has 1 rings (SSSR count). The van der Waals surface area contributed by atoms with Crippen molar-refractivity contribution in [1.82, 2.24) is 10.6 Å². The summed E-state index contributed by atoms with van der Waals surface area (Å²) in [6.07, 6.45) is 5.88. The topological polar surface area (TPSA) is 78.4 Å². The Morgan fingerprint density at radius 3 is 2.45 bits per heavy atom. The summed E-state index contributed by atoms with van der Waals surface area (Å²) in [7, 11) is 0. The molecule has 0 aromatic carbocycles. The average molecular weight is 284 g/mol. The number of carbonyl (C=O) groups excluding carboxylic acids is 1. The van der Waals surface area contributed by atoms with Crippen LogP contribution in [0.15, 0.2) is 0 Å². The molecular formula is C15H28N2O3. The molecule has 3 N–H and O–H groups in total. The second-order valence-corrected chi connectivity index (χ2v) is 6.32. The van der Waals surface area contributed by atoms with Crippen molar-refractivity contribution >= 4 is 12.0 Å². The van der Waals surface area contributed by atoms with Crippen LogP contribution in [0.25, 0.3) is 0 Å². The van der Waals surface area contributed by atoms with E-state index < -0.39 is 5.97 Å². The zero-order valence-electron chi connectivity index (χ0n) is 12.7. The van der Waals surface area contributed by atoms with Crippen molar-refractivity contribution in [2.75, 3.05) is 13.1 Å². The summed E-state index contributed by atoms with van der Waals surface area (Å²) in [5.41, 5.74) is 0. The molecule has 1 saturated carbocycles. The fraction of sp³-hybridized carbons (Fsp3) is 0.867. The number of hydrogen-bond acceptors (Lipinski definition) is 2. The predicted molar refractivity (Wildman–Crippen MR) is 78.6 cm³/mol. The second kappa shape index (κ2) is 8.82. The fourth-order valence-corrected chi connectivity index (χ4v) is 2.62. The van der Waals surface area contributed by atoms with Crippen LogP contribution in [-0.4, -0.2) is 30.2 Å². The molecule has 0 aromatic rings. The third-order valence-corrected chi connectivity index (χ3v) is 3.88. The molecule has 0 spiro atoms. The molecule has 0 saturated heterocycles. The van der Waals surface area contributed by atoms with Crippen LogP contribution in [0.5, 0.6) is 0 Å². The summed E-state index contributed by atoms with van der Waals surface area (Å²) in [6, 6.07) is -0.177. The van der Waals surface area contributed by atoms with Crippen molar-refractivity contribution in [3.8, 4) is 0 Å². The first-order chi connectivity index (χ1) is 9.47. The molecule has 0 aliphatic heterocycles. The molecule has 5 heteroatoms. The van der Waals surface area contributed by atoms with Crippen molar-refractivity contribution in [3.63, 3.8) is 0 Å². The van der Waals surface area contributed by atoms with Crippen molar-refractivity contribution < 1.29 is 14.7 Å². The summed E-state index contributed by atoms with van der Waals surface area (Å²) in [5.74, 6) is 0.423. The maximum Gasteiger partial charge on any atom is 0.314 e. The molecule has 1 atom stereocenters. The Hall–Kier alpha value is -1.26. The number of carbonyl (C=O) groups is 2. The minimum Gasteiger partial charge on any atom is -0.481 e. The van der Waals surface area contributed by atoms with Gasteiger partial charge in [0.05, 0.1) is 0 Å². The number of carboxylic acid groups (broad SMARTS) is 1. The van der Waals surface area contributed by atoms with Crippen LogP contribution in [0, 0.1) is 17.8 Å². The van der Waals surface area contributed by atoms with Crippen molar-refractivity contribution in [2.24, 2.45) is 17.8 Å². The van der Waals surface area contributed by atoms with E-state index in [9.17, 15) is 9.59 Å². The summed E-state index contributed by atoms with van der Waals surface area (Å²) in [5, 5.41) is 14.5. The van der Waals surface area contributed by atoms with E-state index in [1.165, 1.54) is 19.3 Å². The van der Waals surface area contributed by atoms with Gasteiger partial charge < -0.3 is 15.7 Å². The van der Waals surface area contributed by atoms with Gasteiger partial charge in [-0.15, -0.1) is 0 Å². The van der Waals surface area contributed by atoms with Crippen LogP contribution in [0.3, 0.4) is 0 Å². The highest BCUT2D eigenvalue weighted by Gasteiger charge is 2.18. The van der Waals surface area contributed by atoms with Gasteiger partial charge in [0.1, 0.15) is 0 Å². The highest BCUT2D eigenvalue weighted by Crippen LogP contribution is 2.28. The Morgan fingerprint density at radius 2 is 1.95 bits per heavy atom. The minimum atomic E-state index is -0.803. The molecule has 0 aromatic heterocycles. The molecular weight excluding hydrogens is 256 g/mol. The minimum absolute atomic E-state index is 0.00452. The Kier molecular flexibility index (Phi) is 7.41. The van der Waals surface area contributed by atoms with Gasteiger partial charge in [-0.1, -0.05) is 33.1 Å². The standard InChI is InChI=1S/C15H28N2O3/c1-11(2)8-13(9-14(18)19)10-17-15(20)16-7-6-12-4-3-5-12/h11-13H,3-10H2,1-2H3,(H,18,19)(H2,16,17,20)/t13-/m0/s1. The van der Waals surface area contributed by atoms with Crippen LogP contribution in [0.4, 0.5) is 4.79 Å². The molecule has 1 aliphatic rings. The van der Waals surface area contributed by atoms with E-state index in [1.807, 2.05) is 0 Å². The van der Waals surface area contributed by atoms with Crippen LogP contribution < -0.4 is 10.6 Å². The van der Waals surface area contributed by atoms with Gasteiger partial charge in [0.25, 0.3) is 0 Å². The lowest BCUT2D eigenvalue weighted by atomic mass is 9.83. The van der Waals surface area contributed by atoms with E-state index >= 15 is 0 Å². The third-order valence-electron chi connectivity index (χ3n) is 3.88. The van der Waals surface area contributed by atoms with Crippen LogP contribution in [-0.2, 0) is 4.79 Å². The number of urea groups is 1. The monoisotopic (exact) mass is 284 g/mol. The summed E-state index contributed by atoms with van der Waals surface area (Å²) < 4.78 is 0. The maximum absolute atomic E-state index is 11.6. The fourth-order valence-electron chi connectivity index (χ4n) is 2.62. The van der Waals surface area contributed by atoms with Crippen LogP contribution in [0.1, 0.15) is 52.4 Å². The molecule has 116 valence electrons.